The fourth-order valence-corrected chi connectivity index (χ4v) is 2.80. The summed E-state index contributed by atoms with van der Waals surface area (Å²) >= 11 is 0. The molecule has 2 rings (SSSR count). The lowest BCUT2D eigenvalue weighted by atomic mass is 9.97. The van der Waals surface area contributed by atoms with E-state index in [1.54, 1.807) is 4.90 Å². The van der Waals surface area contributed by atoms with Gasteiger partial charge in [-0.15, -0.1) is 0 Å². The Morgan fingerprint density at radius 3 is 2.94 bits per heavy atom. The topological polar surface area (TPSA) is 35.6 Å². The summed E-state index contributed by atoms with van der Waals surface area (Å²) in [6.07, 6.45) is 5.12. The van der Waals surface area contributed by atoms with Gasteiger partial charge in [-0.1, -0.05) is 0 Å². The van der Waals surface area contributed by atoms with Crippen LogP contribution in [0.2, 0.25) is 0 Å². The fraction of sp³-hybridized carbons (Fsp3) is 0.917. The van der Waals surface area contributed by atoms with Crippen LogP contribution in [0, 0.1) is 0 Å². The molecule has 2 fully saturated rings. The Bertz CT molecular complexity index is 255. The van der Waals surface area contributed by atoms with Crippen molar-refractivity contribution in [1.29, 1.82) is 0 Å². The lowest BCUT2D eigenvalue weighted by Gasteiger charge is -2.35. The molecule has 0 aromatic heterocycles. The number of carbonyl (C=O) groups excluding carboxylic acids is 1. The molecule has 2 saturated heterocycles. The second-order valence-corrected chi connectivity index (χ2v) is 5.22. The van der Waals surface area contributed by atoms with Gasteiger partial charge in [-0.25, -0.2) is 0 Å². The van der Waals surface area contributed by atoms with Gasteiger partial charge in [0.25, 0.3) is 0 Å². The normalized spacial score (nSPS) is 30.1. The van der Waals surface area contributed by atoms with E-state index in [2.05, 4.69) is 10.2 Å². The zero-order chi connectivity index (χ0) is 11.5. The minimum absolute atomic E-state index is 0.175. The van der Waals surface area contributed by atoms with E-state index in [0.717, 1.165) is 6.04 Å². The summed E-state index contributed by atoms with van der Waals surface area (Å²) in [4.78, 5) is 15.7. The Hall–Kier alpha value is -0.610. The second-order valence-electron chi connectivity index (χ2n) is 5.22. The molecule has 4 nitrogen and oxygen atoms in total. The molecule has 0 bridgehead atoms. The van der Waals surface area contributed by atoms with Crippen LogP contribution in [0.25, 0.3) is 0 Å². The summed E-state index contributed by atoms with van der Waals surface area (Å²) < 4.78 is 0. The first-order chi connectivity index (χ1) is 7.66. The third-order valence-corrected chi connectivity index (χ3v) is 3.86. The second kappa shape index (κ2) is 5.15. The van der Waals surface area contributed by atoms with Gasteiger partial charge in [0.1, 0.15) is 0 Å². The largest absolute Gasteiger partial charge is 0.348 e. The number of hydrogen-bond acceptors (Lipinski definition) is 3. The van der Waals surface area contributed by atoms with Crippen LogP contribution in [0.1, 0.15) is 25.7 Å². The van der Waals surface area contributed by atoms with Crippen molar-refractivity contribution in [1.82, 2.24) is 15.1 Å². The minimum atomic E-state index is 0.175. The third kappa shape index (κ3) is 2.74. The maximum absolute atomic E-state index is 11.5. The number of fused-ring (bicyclic) bond motifs is 1. The predicted molar refractivity (Wildman–Crippen MR) is 64.3 cm³/mol. The van der Waals surface area contributed by atoms with Crippen molar-refractivity contribution in [3.63, 3.8) is 0 Å². The van der Waals surface area contributed by atoms with E-state index >= 15 is 0 Å². The first-order valence-electron chi connectivity index (χ1n) is 6.34. The first-order valence-corrected chi connectivity index (χ1v) is 6.34. The van der Waals surface area contributed by atoms with Gasteiger partial charge in [0.15, 0.2) is 0 Å². The highest BCUT2D eigenvalue weighted by atomic mass is 16.2. The molecule has 4 heteroatoms. The van der Waals surface area contributed by atoms with Crippen molar-refractivity contribution in [2.75, 3.05) is 33.7 Å². The van der Waals surface area contributed by atoms with E-state index in [9.17, 15) is 4.79 Å². The van der Waals surface area contributed by atoms with Gasteiger partial charge >= 0.3 is 0 Å². The number of piperidine rings is 1. The Morgan fingerprint density at radius 1 is 1.38 bits per heavy atom. The van der Waals surface area contributed by atoms with Gasteiger partial charge in [-0.3, -0.25) is 4.79 Å². The molecular weight excluding hydrogens is 202 g/mol. The highest BCUT2D eigenvalue weighted by Gasteiger charge is 2.31. The fourth-order valence-electron chi connectivity index (χ4n) is 2.80. The number of rotatable bonds is 3. The standard InChI is InChI=1S/C12H23N3O/c1-14(2)12(16)9-13-10-5-7-15-6-3-4-11(15)8-10/h10-11,13H,3-9H2,1-2H3. The van der Waals surface area contributed by atoms with Crippen molar-refractivity contribution in [2.45, 2.75) is 37.8 Å². The molecule has 92 valence electrons. The van der Waals surface area contributed by atoms with Gasteiger partial charge in [-0.05, 0) is 38.8 Å². The van der Waals surface area contributed by atoms with E-state index in [-0.39, 0.29) is 5.91 Å². The van der Waals surface area contributed by atoms with E-state index in [4.69, 9.17) is 0 Å². The van der Waals surface area contributed by atoms with Gasteiger partial charge in [0, 0.05) is 26.2 Å². The zero-order valence-electron chi connectivity index (χ0n) is 10.4. The van der Waals surface area contributed by atoms with Crippen LogP contribution in [-0.2, 0) is 4.79 Å². The average Bonchev–Trinajstić information content (AvgIpc) is 2.72. The minimum Gasteiger partial charge on any atom is -0.348 e. The van der Waals surface area contributed by atoms with E-state index in [1.807, 2.05) is 14.1 Å². The summed E-state index contributed by atoms with van der Waals surface area (Å²) in [6.45, 7) is 2.98. The number of nitrogens with one attached hydrogen (secondary N) is 1. The Balaban J connectivity index is 1.73. The molecule has 0 radical (unpaired) electrons. The molecule has 2 unspecified atom stereocenters. The molecule has 16 heavy (non-hydrogen) atoms. The molecule has 2 aliphatic heterocycles. The quantitative estimate of drug-likeness (QED) is 0.750. The summed E-state index contributed by atoms with van der Waals surface area (Å²) in [5.41, 5.74) is 0. The molecule has 0 saturated carbocycles. The maximum atomic E-state index is 11.5. The van der Waals surface area contributed by atoms with Crippen LogP contribution in [0.5, 0.6) is 0 Å². The average molecular weight is 225 g/mol. The number of likely N-dealkylation sites (N-methyl/N-ethyl adjacent to an activating group) is 1. The highest BCUT2D eigenvalue weighted by Crippen LogP contribution is 2.26. The molecule has 2 atom stereocenters. The third-order valence-electron chi connectivity index (χ3n) is 3.86. The Labute approximate surface area is 98.0 Å². The first kappa shape index (κ1) is 11.9. The smallest absolute Gasteiger partial charge is 0.236 e. The number of carbonyl (C=O) groups is 1. The van der Waals surface area contributed by atoms with E-state index in [0.29, 0.717) is 12.6 Å². The summed E-state index contributed by atoms with van der Waals surface area (Å²) in [7, 11) is 3.62. The van der Waals surface area contributed by atoms with Crippen molar-refractivity contribution >= 4 is 5.91 Å². The lowest BCUT2D eigenvalue weighted by molar-refractivity contribution is -0.127. The van der Waals surface area contributed by atoms with Crippen LogP contribution < -0.4 is 5.32 Å². The number of hydrogen-bond donors (Lipinski definition) is 1. The van der Waals surface area contributed by atoms with E-state index < -0.39 is 0 Å². The number of nitrogens with zero attached hydrogens (tertiary/aromatic N) is 2. The molecule has 1 N–H and O–H groups in total. The van der Waals surface area contributed by atoms with Crippen LogP contribution in [0.15, 0.2) is 0 Å². The predicted octanol–water partition coefficient (Wildman–Crippen LogP) is 0.291. The molecule has 2 heterocycles. The summed E-state index contributed by atoms with van der Waals surface area (Å²) in [5, 5.41) is 3.40. The van der Waals surface area contributed by atoms with Crippen molar-refractivity contribution in [2.24, 2.45) is 0 Å². The van der Waals surface area contributed by atoms with E-state index in [1.165, 1.54) is 38.8 Å². The molecule has 0 aromatic carbocycles. The zero-order valence-corrected chi connectivity index (χ0v) is 10.4. The maximum Gasteiger partial charge on any atom is 0.236 e. The van der Waals surface area contributed by atoms with Gasteiger partial charge in [-0.2, -0.15) is 0 Å². The van der Waals surface area contributed by atoms with Crippen molar-refractivity contribution in [3.05, 3.63) is 0 Å². The molecular formula is C12H23N3O. The number of amides is 1. The highest BCUT2D eigenvalue weighted by molar-refractivity contribution is 5.77. The lowest BCUT2D eigenvalue weighted by Crippen LogP contribution is -2.47. The summed E-state index contributed by atoms with van der Waals surface area (Å²) in [6, 6.07) is 1.32. The SMILES string of the molecule is CN(C)C(=O)CNC1CCN2CCCC2C1. The van der Waals surface area contributed by atoms with Crippen molar-refractivity contribution in [3.8, 4) is 0 Å². The van der Waals surface area contributed by atoms with Gasteiger partial charge in [0.2, 0.25) is 5.91 Å². The molecule has 2 aliphatic rings. The van der Waals surface area contributed by atoms with Crippen LogP contribution >= 0.6 is 0 Å². The van der Waals surface area contributed by atoms with Crippen molar-refractivity contribution < 1.29 is 4.79 Å². The Kier molecular flexibility index (Phi) is 3.82. The molecule has 1 amide bonds. The van der Waals surface area contributed by atoms with Crippen LogP contribution in [-0.4, -0.2) is 61.5 Å². The molecule has 0 aromatic rings. The van der Waals surface area contributed by atoms with Crippen LogP contribution in [0.4, 0.5) is 0 Å². The molecule has 0 spiro atoms. The monoisotopic (exact) mass is 225 g/mol. The summed E-state index contributed by atoms with van der Waals surface area (Å²) in [5.74, 6) is 0.175. The van der Waals surface area contributed by atoms with Gasteiger partial charge in [0.05, 0.1) is 6.54 Å². The van der Waals surface area contributed by atoms with Crippen LogP contribution in [0.3, 0.4) is 0 Å². The Morgan fingerprint density at radius 2 is 2.19 bits per heavy atom. The van der Waals surface area contributed by atoms with Gasteiger partial charge < -0.3 is 15.1 Å². The molecule has 0 aliphatic carbocycles.